The molecule has 1 aliphatic heterocycles. The summed E-state index contributed by atoms with van der Waals surface area (Å²) in [6.07, 6.45) is 2.41. The quantitative estimate of drug-likeness (QED) is 0.906. The van der Waals surface area contributed by atoms with E-state index in [9.17, 15) is 9.59 Å². The predicted molar refractivity (Wildman–Crippen MR) is 93.8 cm³/mol. The number of carbonyl (C=O) groups excluding carboxylic acids is 2. The topological polar surface area (TPSA) is 88.3 Å². The molecule has 1 aliphatic rings. The summed E-state index contributed by atoms with van der Waals surface area (Å²) in [4.78, 5) is 35.7. The Hall–Kier alpha value is -2.22. The number of likely N-dealkylation sites (tertiary alicyclic amines) is 1. The first-order valence-electron chi connectivity index (χ1n) is 8.40. The smallest absolute Gasteiger partial charge is 0.291 e. The molecule has 3 heterocycles. The molecule has 8 heteroatoms. The van der Waals surface area contributed by atoms with Gasteiger partial charge in [0.25, 0.3) is 11.8 Å². The molecule has 0 aliphatic carbocycles. The summed E-state index contributed by atoms with van der Waals surface area (Å²) in [7, 11) is 0. The molecular formula is C17H22N4O3S. The lowest BCUT2D eigenvalue weighted by atomic mass is 10.1. The summed E-state index contributed by atoms with van der Waals surface area (Å²) in [6.45, 7) is 6.59. The highest BCUT2D eigenvalue weighted by Gasteiger charge is 2.26. The minimum absolute atomic E-state index is 0.0596. The fourth-order valence-corrected chi connectivity index (χ4v) is 3.79. The second kappa shape index (κ2) is 7.35. The Labute approximate surface area is 150 Å². The maximum absolute atomic E-state index is 12.6. The first kappa shape index (κ1) is 17.6. The zero-order valence-electron chi connectivity index (χ0n) is 14.7. The van der Waals surface area contributed by atoms with Crippen molar-refractivity contribution in [2.75, 3.05) is 13.1 Å². The van der Waals surface area contributed by atoms with Gasteiger partial charge in [-0.2, -0.15) is 0 Å². The van der Waals surface area contributed by atoms with Crippen molar-refractivity contribution in [3.63, 3.8) is 0 Å². The molecule has 0 radical (unpaired) electrons. The van der Waals surface area contributed by atoms with Gasteiger partial charge in [0, 0.05) is 26.1 Å². The summed E-state index contributed by atoms with van der Waals surface area (Å²) < 4.78 is 5.45. The minimum Gasteiger partial charge on any atom is -0.436 e. The van der Waals surface area contributed by atoms with Gasteiger partial charge >= 0.3 is 0 Å². The number of hydrogen-bond acceptors (Lipinski definition) is 6. The van der Waals surface area contributed by atoms with Crippen LogP contribution in [0.3, 0.4) is 0 Å². The van der Waals surface area contributed by atoms with Crippen LogP contribution in [-0.2, 0) is 0 Å². The lowest BCUT2D eigenvalue weighted by Gasteiger charge is -2.20. The van der Waals surface area contributed by atoms with Gasteiger partial charge in [0.1, 0.15) is 4.88 Å². The van der Waals surface area contributed by atoms with Crippen LogP contribution in [0.4, 0.5) is 0 Å². The molecule has 7 nitrogen and oxygen atoms in total. The van der Waals surface area contributed by atoms with E-state index in [1.54, 1.807) is 24.3 Å². The minimum atomic E-state index is -0.122. The molecule has 1 saturated heterocycles. The Morgan fingerprint density at radius 3 is 2.68 bits per heavy atom. The van der Waals surface area contributed by atoms with E-state index in [2.05, 4.69) is 15.3 Å². The lowest BCUT2D eigenvalue weighted by molar-refractivity contribution is 0.0726. The number of thiazole rings is 1. The highest BCUT2D eigenvalue weighted by atomic mass is 32.1. The molecule has 2 amide bonds. The number of amides is 2. The number of hydrogen-bond donors (Lipinski definition) is 1. The molecule has 0 bridgehead atoms. The molecule has 0 aromatic carbocycles. The van der Waals surface area contributed by atoms with E-state index in [-0.39, 0.29) is 17.9 Å². The summed E-state index contributed by atoms with van der Waals surface area (Å²) in [5, 5.41) is 3.07. The number of rotatable bonds is 3. The summed E-state index contributed by atoms with van der Waals surface area (Å²) in [5.41, 5.74) is 3.06. The highest BCUT2D eigenvalue weighted by Crippen LogP contribution is 2.18. The number of aryl methyl sites for hydroxylation is 3. The molecule has 0 spiro atoms. The molecule has 2 aromatic heterocycles. The number of nitrogens with zero attached hydrogens (tertiary/aromatic N) is 3. The zero-order chi connectivity index (χ0) is 18.0. The summed E-state index contributed by atoms with van der Waals surface area (Å²) in [5.74, 6) is 0.621. The van der Waals surface area contributed by atoms with Crippen LogP contribution in [-0.4, -0.2) is 45.8 Å². The number of oxazole rings is 1. The monoisotopic (exact) mass is 362 g/mol. The maximum Gasteiger partial charge on any atom is 0.291 e. The zero-order valence-corrected chi connectivity index (χ0v) is 15.5. The average molecular weight is 362 g/mol. The first-order valence-corrected chi connectivity index (χ1v) is 9.28. The molecule has 1 atom stereocenters. The first-order chi connectivity index (χ1) is 12.0. The van der Waals surface area contributed by atoms with Gasteiger partial charge in [-0.1, -0.05) is 0 Å². The SMILES string of the molecule is Cc1nc(C)c(C(=O)N2CCCC(NC(=O)c3scnc3C)CC2)o1. The third-order valence-electron chi connectivity index (χ3n) is 4.40. The fraction of sp³-hybridized carbons (Fsp3) is 0.529. The fourth-order valence-electron chi connectivity index (χ4n) is 3.09. The molecule has 1 N–H and O–H groups in total. The van der Waals surface area contributed by atoms with Gasteiger partial charge in [-0.15, -0.1) is 11.3 Å². The normalized spacial score (nSPS) is 18.0. The average Bonchev–Trinajstić information content (AvgIpc) is 3.05. The molecule has 1 unspecified atom stereocenters. The van der Waals surface area contributed by atoms with Gasteiger partial charge in [0.2, 0.25) is 5.76 Å². The molecule has 134 valence electrons. The highest BCUT2D eigenvalue weighted by molar-refractivity contribution is 7.11. The third kappa shape index (κ3) is 3.89. The van der Waals surface area contributed by atoms with Gasteiger partial charge in [0.15, 0.2) is 5.89 Å². The van der Waals surface area contributed by atoms with Crippen LogP contribution in [0.25, 0.3) is 0 Å². The molecule has 2 aromatic rings. The van der Waals surface area contributed by atoms with E-state index in [1.807, 2.05) is 6.92 Å². The van der Waals surface area contributed by atoms with Crippen LogP contribution in [0.15, 0.2) is 9.93 Å². The predicted octanol–water partition coefficient (Wildman–Crippen LogP) is 2.48. The van der Waals surface area contributed by atoms with E-state index in [1.165, 1.54) is 11.3 Å². The van der Waals surface area contributed by atoms with Crippen molar-refractivity contribution in [2.24, 2.45) is 0 Å². The molecular weight excluding hydrogens is 340 g/mol. The Morgan fingerprint density at radius 1 is 1.24 bits per heavy atom. The van der Waals surface area contributed by atoms with Gasteiger partial charge < -0.3 is 14.6 Å². The molecule has 3 rings (SSSR count). The number of aromatic nitrogens is 2. The second-order valence-corrected chi connectivity index (χ2v) is 7.16. The Kier molecular flexibility index (Phi) is 5.17. The van der Waals surface area contributed by atoms with Gasteiger partial charge in [0.05, 0.1) is 16.9 Å². The Bertz CT molecular complexity index is 783. The van der Waals surface area contributed by atoms with Crippen LogP contribution in [0.2, 0.25) is 0 Å². The van der Waals surface area contributed by atoms with E-state index in [4.69, 9.17) is 4.42 Å². The van der Waals surface area contributed by atoms with Gasteiger partial charge in [-0.25, -0.2) is 9.97 Å². The van der Waals surface area contributed by atoms with E-state index in [0.29, 0.717) is 35.3 Å². The molecule has 1 fully saturated rings. The second-order valence-electron chi connectivity index (χ2n) is 6.31. The van der Waals surface area contributed by atoms with Crippen molar-refractivity contribution >= 4 is 23.2 Å². The van der Waals surface area contributed by atoms with E-state index < -0.39 is 0 Å². The number of nitrogens with one attached hydrogen (secondary N) is 1. The standard InChI is InChI=1S/C17H22N4O3S/c1-10-14(24-12(3)19-10)17(23)21-7-4-5-13(6-8-21)20-16(22)15-11(2)18-9-25-15/h9,13H,4-8H2,1-3H3,(H,20,22). The molecule has 25 heavy (non-hydrogen) atoms. The molecule has 0 saturated carbocycles. The van der Waals surface area contributed by atoms with Crippen LogP contribution >= 0.6 is 11.3 Å². The largest absolute Gasteiger partial charge is 0.436 e. The van der Waals surface area contributed by atoms with Crippen molar-refractivity contribution < 1.29 is 14.0 Å². The van der Waals surface area contributed by atoms with Crippen LogP contribution in [0.5, 0.6) is 0 Å². The third-order valence-corrected chi connectivity index (χ3v) is 5.33. The summed E-state index contributed by atoms with van der Waals surface area (Å²) in [6, 6.07) is 0.0596. The summed E-state index contributed by atoms with van der Waals surface area (Å²) >= 11 is 1.35. The van der Waals surface area contributed by atoms with E-state index in [0.717, 1.165) is 25.0 Å². The van der Waals surface area contributed by atoms with Crippen molar-refractivity contribution in [3.05, 3.63) is 33.4 Å². The number of carbonyl (C=O) groups is 2. The van der Waals surface area contributed by atoms with Crippen LogP contribution < -0.4 is 5.32 Å². The van der Waals surface area contributed by atoms with Crippen LogP contribution in [0, 0.1) is 20.8 Å². The Balaban J connectivity index is 1.61. The van der Waals surface area contributed by atoms with Crippen LogP contribution in [0.1, 0.15) is 56.8 Å². The lowest BCUT2D eigenvalue weighted by Crippen LogP contribution is -2.36. The maximum atomic E-state index is 12.6. The Morgan fingerprint density at radius 2 is 2.04 bits per heavy atom. The van der Waals surface area contributed by atoms with Crippen molar-refractivity contribution in [1.82, 2.24) is 20.2 Å². The van der Waals surface area contributed by atoms with Crippen molar-refractivity contribution in [1.29, 1.82) is 0 Å². The van der Waals surface area contributed by atoms with Gasteiger partial charge in [-0.3, -0.25) is 9.59 Å². The van der Waals surface area contributed by atoms with Crippen molar-refractivity contribution in [3.8, 4) is 0 Å². The van der Waals surface area contributed by atoms with E-state index >= 15 is 0 Å². The van der Waals surface area contributed by atoms with Crippen molar-refractivity contribution in [2.45, 2.75) is 46.1 Å². The van der Waals surface area contributed by atoms with Gasteiger partial charge in [-0.05, 0) is 33.1 Å².